The van der Waals surface area contributed by atoms with Crippen LogP contribution < -0.4 is 10.5 Å². The highest BCUT2D eigenvalue weighted by Gasteiger charge is 2.11. The summed E-state index contributed by atoms with van der Waals surface area (Å²) in [6, 6.07) is 12.2. The highest BCUT2D eigenvalue weighted by molar-refractivity contribution is 9.10. The largest absolute Gasteiger partial charge is 0.497 e. The fraction of sp³-hybridized carbons (Fsp3) is 0.200. The molecule has 2 N–H and O–H groups in total. The summed E-state index contributed by atoms with van der Waals surface area (Å²) in [7, 11) is 1.64. The van der Waals surface area contributed by atoms with Crippen LogP contribution in [0.4, 0.5) is 4.39 Å². The minimum absolute atomic E-state index is 0.177. The average molecular weight is 324 g/mol. The number of ether oxygens (including phenoxy) is 1. The Bertz CT molecular complexity index is 557. The number of benzene rings is 2. The molecule has 0 saturated carbocycles. The molecule has 2 aromatic carbocycles. The predicted molar refractivity (Wildman–Crippen MR) is 77.7 cm³/mol. The monoisotopic (exact) mass is 323 g/mol. The summed E-state index contributed by atoms with van der Waals surface area (Å²) in [6.45, 7) is 0. The van der Waals surface area contributed by atoms with E-state index in [2.05, 4.69) is 15.9 Å². The maximum atomic E-state index is 13.0. The third-order valence-corrected chi connectivity index (χ3v) is 3.66. The van der Waals surface area contributed by atoms with Crippen LogP contribution in [0.3, 0.4) is 0 Å². The predicted octanol–water partition coefficient (Wildman–Crippen LogP) is 3.84. The van der Waals surface area contributed by atoms with Crippen LogP contribution in [0.25, 0.3) is 0 Å². The third-order valence-electron chi connectivity index (χ3n) is 2.98. The van der Waals surface area contributed by atoms with Gasteiger partial charge in [0.1, 0.15) is 11.6 Å². The van der Waals surface area contributed by atoms with Crippen molar-refractivity contribution in [1.29, 1.82) is 0 Å². The van der Waals surface area contributed by atoms with Crippen molar-refractivity contribution in [2.75, 3.05) is 7.11 Å². The minimum Gasteiger partial charge on any atom is -0.497 e. The van der Waals surface area contributed by atoms with E-state index in [1.807, 2.05) is 24.3 Å². The lowest BCUT2D eigenvalue weighted by Gasteiger charge is -2.14. The molecule has 2 nitrogen and oxygen atoms in total. The Morgan fingerprint density at radius 1 is 1.21 bits per heavy atom. The summed E-state index contributed by atoms with van der Waals surface area (Å²) in [5.41, 5.74) is 8.18. The van der Waals surface area contributed by atoms with Gasteiger partial charge in [-0.2, -0.15) is 0 Å². The molecule has 0 bridgehead atoms. The summed E-state index contributed by atoms with van der Waals surface area (Å²) in [5.74, 6) is 0.549. The lowest BCUT2D eigenvalue weighted by atomic mass is 9.99. The molecule has 0 aliphatic rings. The number of rotatable bonds is 4. The van der Waals surface area contributed by atoms with Crippen molar-refractivity contribution in [3.05, 3.63) is 63.9 Å². The van der Waals surface area contributed by atoms with Gasteiger partial charge in [0.05, 0.1) is 7.11 Å². The molecule has 0 saturated heterocycles. The summed E-state index contributed by atoms with van der Waals surface area (Å²) in [6.07, 6.45) is 0.689. The maximum Gasteiger partial charge on any atom is 0.124 e. The van der Waals surface area contributed by atoms with Crippen molar-refractivity contribution in [3.8, 4) is 5.75 Å². The Kier molecular flexibility index (Phi) is 4.56. The smallest absolute Gasteiger partial charge is 0.124 e. The van der Waals surface area contributed by atoms with Gasteiger partial charge in [0, 0.05) is 10.5 Å². The van der Waals surface area contributed by atoms with E-state index in [9.17, 15) is 4.39 Å². The second kappa shape index (κ2) is 6.17. The van der Waals surface area contributed by atoms with Crippen molar-refractivity contribution >= 4 is 15.9 Å². The zero-order valence-electron chi connectivity index (χ0n) is 10.6. The third kappa shape index (κ3) is 3.55. The second-order valence-corrected chi connectivity index (χ2v) is 5.18. The first-order valence-electron chi connectivity index (χ1n) is 5.93. The Balaban J connectivity index is 2.13. The van der Waals surface area contributed by atoms with Crippen LogP contribution in [0.2, 0.25) is 0 Å². The van der Waals surface area contributed by atoms with Gasteiger partial charge in [0.25, 0.3) is 0 Å². The molecule has 4 heteroatoms. The molecule has 0 amide bonds. The Morgan fingerprint density at radius 2 is 1.89 bits per heavy atom. The van der Waals surface area contributed by atoms with Gasteiger partial charge in [-0.05, 0) is 41.8 Å². The standard InChI is InChI=1S/C15H15BrFNO/c1-19-12-5-2-10(3-6-12)8-15(18)13-7-4-11(17)9-14(13)16/h2-7,9,15H,8,18H2,1H3. The maximum absolute atomic E-state index is 13.0. The zero-order valence-corrected chi connectivity index (χ0v) is 12.2. The van der Waals surface area contributed by atoms with Gasteiger partial charge in [-0.1, -0.05) is 34.1 Å². The summed E-state index contributed by atoms with van der Waals surface area (Å²) in [4.78, 5) is 0. The molecule has 0 aliphatic carbocycles. The van der Waals surface area contributed by atoms with Gasteiger partial charge in [0.2, 0.25) is 0 Å². The molecular weight excluding hydrogens is 309 g/mol. The fourth-order valence-electron chi connectivity index (χ4n) is 1.93. The molecule has 0 spiro atoms. The van der Waals surface area contributed by atoms with Crippen LogP contribution in [0, 0.1) is 5.82 Å². The van der Waals surface area contributed by atoms with Crippen molar-refractivity contribution in [1.82, 2.24) is 0 Å². The van der Waals surface area contributed by atoms with Crippen LogP contribution in [-0.4, -0.2) is 7.11 Å². The SMILES string of the molecule is COc1ccc(CC(N)c2ccc(F)cc2Br)cc1. The first kappa shape index (κ1) is 14.0. The summed E-state index contributed by atoms with van der Waals surface area (Å²) >= 11 is 3.34. The van der Waals surface area contributed by atoms with Crippen LogP contribution in [0.15, 0.2) is 46.9 Å². The molecule has 19 heavy (non-hydrogen) atoms. The van der Waals surface area contributed by atoms with E-state index >= 15 is 0 Å². The van der Waals surface area contributed by atoms with Crippen molar-refractivity contribution in [3.63, 3.8) is 0 Å². The minimum atomic E-state index is -0.271. The molecule has 1 unspecified atom stereocenters. The molecule has 2 aromatic rings. The number of halogens is 2. The highest BCUT2D eigenvalue weighted by atomic mass is 79.9. The van der Waals surface area contributed by atoms with Crippen molar-refractivity contribution < 1.29 is 9.13 Å². The van der Waals surface area contributed by atoms with Gasteiger partial charge in [-0.15, -0.1) is 0 Å². The van der Waals surface area contributed by atoms with Crippen LogP contribution in [-0.2, 0) is 6.42 Å². The Hall–Kier alpha value is -1.39. The van der Waals surface area contributed by atoms with E-state index in [-0.39, 0.29) is 11.9 Å². The Morgan fingerprint density at radius 3 is 2.47 bits per heavy atom. The average Bonchev–Trinajstić information content (AvgIpc) is 2.39. The molecule has 0 fully saturated rings. The second-order valence-electron chi connectivity index (χ2n) is 4.32. The van der Waals surface area contributed by atoms with E-state index < -0.39 is 0 Å². The number of methoxy groups -OCH3 is 1. The summed E-state index contributed by atoms with van der Waals surface area (Å²) in [5, 5.41) is 0. The van der Waals surface area contributed by atoms with E-state index in [0.717, 1.165) is 16.9 Å². The van der Waals surface area contributed by atoms with Crippen LogP contribution >= 0.6 is 15.9 Å². The molecule has 0 aromatic heterocycles. The molecule has 0 heterocycles. The highest BCUT2D eigenvalue weighted by Crippen LogP contribution is 2.25. The lowest BCUT2D eigenvalue weighted by Crippen LogP contribution is -2.14. The molecule has 1 atom stereocenters. The molecular formula is C15H15BrFNO. The molecule has 100 valence electrons. The quantitative estimate of drug-likeness (QED) is 0.927. The number of hydrogen-bond acceptors (Lipinski definition) is 2. The van der Waals surface area contributed by atoms with E-state index in [4.69, 9.17) is 10.5 Å². The van der Waals surface area contributed by atoms with Gasteiger partial charge in [-0.3, -0.25) is 0 Å². The normalized spacial score (nSPS) is 12.2. The first-order valence-corrected chi connectivity index (χ1v) is 6.73. The van der Waals surface area contributed by atoms with Gasteiger partial charge in [-0.25, -0.2) is 4.39 Å². The van der Waals surface area contributed by atoms with Crippen LogP contribution in [0.5, 0.6) is 5.75 Å². The Labute approximate surface area is 120 Å². The van der Waals surface area contributed by atoms with Gasteiger partial charge in [0.15, 0.2) is 0 Å². The number of nitrogens with two attached hydrogens (primary N) is 1. The van der Waals surface area contributed by atoms with E-state index in [1.165, 1.54) is 12.1 Å². The van der Waals surface area contributed by atoms with Gasteiger partial charge < -0.3 is 10.5 Å². The molecule has 0 aliphatic heterocycles. The fourth-order valence-corrected chi connectivity index (χ4v) is 2.57. The van der Waals surface area contributed by atoms with E-state index in [1.54, 1.807) is 13.2 Å². The summed E-state index contributed by atoms with van der Waals surface area (Å²) < 4.78 is 18.8. The lowest BCUT2D eigenvalue weighted by molar-refractivity contribution is 0.414. The van der Waals surface area contributed by atoms with E-state index in [0.29, 0.717) is 10.9 Å². The topological polar surface area (TPSA) is 35.2 Å². The molecule has 2 rings (SSSR count). The number of hydrogen-bond donors (Lipinski definition) is 1. The van der Waals surface area contributed by atoms with Crippen molar-refractivity contribution in [2.24, 2.45) is 5.73 Å². The van der Waals surface area contributed by atoms with Gasteiger partial charge >= 0.3 is 0 Å². The first-order chi connectivity index (χ1) is 9.10. The molecule has 0 radical (unpaired) electrons. The zero-order chi connectivity index (χ0) is 13.8. The van der Waals surface area contributed by atoms with Crippen molar-refractivity contribution in [2.45, 2.75) is 12.5 Å². The van der Waals surface area contributed by atoms with Crippen LogP contribution in [0.1, 0.15) is 17.2 Å².